The van der Waals surface area contributed by atoms with Crippen LogP contribution in [0.3, 0.4) is 0 Å². The molecular formula is C24H23F3N4O4. The summed E-state index contributed by atoms with van der Waals surface area (Å²) in [7, 11) is 3.27. The molecule has 184 valence electrons. The van der Waals surface area contributed by atoms with E-state index in [9.17, 15) is 13.2 Å². The van der Waals surface area contributed by atoms with Gasteiger partial charge in [-0.05, 0) is 35.2 Å². The van der Waals surface area contributed by atoms with Crippen molar-refractivity contribution in [2.75, 3.05) is 20.8 Å². The number of hydrogen-bond acceptors (Lipinski definition) is 6. The summed E-state index contributed by atoms with van der Waals surface area (Å²) in [5.74, 6) is -1.27. The van der Waals surface area contributed by atoms with Crippen LogP contribution in [0.5, 0.6) is 11.8 Å². The van der Waals surface area contributed by atoms with Gasteiger partial charge >= 0.3 is 12.2 Å². The monoisotopic (exact) mass is 488 g/mol. The standard InChI is InChI=1S/C22H22N4O2.C2HF3O2/c1-27-18-7-3-15(4-8-18)9-11-24-21-14-20(25-22(26-21)28-2)17-6-5-16-10-12-23-19(16)13-17;3-2(4,5)1(6)7/h3-8,10,12-14,23H,9,11H2,1-2H3,(H,24,25,26);(H,6,7). The number of fused-ring (bicyclic) bond motifs is 1. The van der Waals surface area contributed by atoms with Gasteiger partial charge in [-0.25, -0.2) is 0 Å². The fraction of sp³-hybridized carbons (Fsp3) is 0.208. The molecule has 0 saturated carbocycles. The number of halogens is 3. The van der Waals surface area contributed by atoms with Crippen LogP contribution in [-0.4, -0.2) is 47.9 Å². The molecule has 0 aliphatic carbocycles. The summed E-state index contributed by atoms with van der Waals surface area (Å²) < 4.78 is 42.1. The number of aromatic amines is 1. The predicted octanol–water partition coefficient (Wildman–Crippen LogP) is 2.38. The van der Waals surface area contributed by atoms with E-state index in [-0.39, 0.29) is 0 Å². The van der Waals surface area contributed by atoms with Crippen LogP contribution < -0.4 is 19.9 Å². The zero-order chi connectivity index (χ0) is 25.4. The van der Waals surface area contributed by atoms with Crippen molar-refractivity contribution in [2.45, 2.75) is 12.6 Å². The highest BCUT2D eigenvalue weighted by Gasteiger charge is 2.28. The molecule has 0 aliphatic heterocycles. The Morgan fingerprint density at radius 3 is 2.37 bits per heavy atom. The van der Waals surface area contributed by atoms with E-state index in [1.807, 2.05) is 24.4 Å². The number of nitrogens with zero attached hydrogens (tertiary/aromatic N) is 2. The average molecular weight is 488 g/mol. The first-order valence-corrected chi connectivity index (χ1v) is 10.4. The molecule has 0 bridgehead atoms. The molecule has 0 atom stereocenters. The Morgan fingerprint density at radius 2 is 1.74 bits per heavy atom. The van der Waals surface area contributed by atoms with Gasteiger partial charge in [-0.3, -0.25) is 5.32 Å². The van der Waals surface area contributed by atoms with E-state index in [2.05, 4.69) is 56.7 Å². The number of nitrogens with one attached hydrogen (secondary N) is 1. The summed E-state index contributed by atoms with van der Waals surface area (Å²) in [6.45, 7) is 0.877. The van der Waals surface area contributed by atoms with Gasteiger partial charge in [-0.1, -0.05) is 24.3 Å². The zero-order valence-electron chi connectivity index (χ0n) is 18.9. The lowest BCUT2D eigenvalue weighted by Crippen LogP contribution is -2.79. The van der Waals surface area contributed by atoms with Gasteiger partial charge in [0.15, 0.2) is 0 Å². The average Bonchev–Trinajstić information content (AvgIpc) is 3.32. The van der Waals surface area contributed by atoms with Crippen LogP contribution in [0, 0.1) is 0 Å². The van der Waals surface area contributed by atoms with Crippen LogP contribution in [0.1, 0.15) is 5.56 Å². The predicted molar refractivity (Wildman–Crippen MR) is 120 cm³/mol. The molecule has 4 aromatic rings. The number of carbonyl (C=O) groups is 1. The van der Waals surface area contributed by atoms with Crippen LogP contribution in [0.15, 0.2) is 60.8 Å². The number of aromatic nitrogens is 3. The number of nitrogens with two attached hydrogens (primary N) is 1. The van der Waals surface area contributed by atoms with Crippen LogP contribution in [-0.2, 0) is 11.2 Å². The molecular weight excluding hydrogens is 465 g/mol. The number of methoxy groups -OCH3 is 2. The van der Waals surface area contributed by atoms with Crippen LogP contribution in [0.4, 0.5) is 19.0 Å². The Hall–Kier alpha value is -4.12. The van der Waals surface area contributed by atoms with Crippen molar-refractivity contribution >= 4 is 22.7 Å². The number of rotatable bonds is 7. The molecule has 0 aliphatic rings. The second-order valence-corrected chi connectivity index (χ2v) is 7.32. The van der Waals surface area contributed by atoms with Crippen molar-refractivity contribution in [1.82, 2.24) is 15.0 Å². The molecule has 0 saturated heterocycles. The van der Waals surface area contributed by atoms with Gasteiger partial charge in [0.05, 0.1) is 26.5 Å². The Labute approximate surface area is 198 Å². The van der Waals surface area contributed by atoms with E-state index in [1.165, 1.54) is 10.9 Å². The molecule has 8 nitrogen and oxygen atoms in total. The van der Waals surface area contributed by atoms with Crippen molar-refractivity contribution in [2.24, 2.45) is 0 Å². The first-order chi connectivity index (χ1) is 16.7. The topological polar surface area (TPSA) is 117 Å². The molecule has 0 unspecified atom stereocenters. The fourth-order valence-electron chi connectivity index (χ4n) is 3.17. The SMILES string of the molecule is COc1ccc(CC[NH2+]c2cc(-c3ccc4cc[nH]c4c3)nc(OC)n2)cc1.O=C([O-])C(F)(F)F. The van der Waals surface area contributed by atoms with Crippen molar-refractivity contribution in [3.8, 4) is 23.0 Å². The number of quaternary nitrogens is 1. The van der Waals surface area contributed by atoms with Gasteiger partial charge < -0.3 is 24.4 Å². The number of hydrogen-bond donors (Lipinski definition) is 2. The highest BCUT2D eigenvalue weighted by Crippen LogP contribution is 2.24. The van der Waals surface area contributed by atoms with E-state index in [4.69, 9.17) is 19.4 Å². The largest absolute Gasteiger partial charge is 0.542 e. The molecule has 11 heteroatoms. The molecule has 0 spiro atoms. The van der Waals surface area contributed by atoms with Crippen molar-refractivity contribution in [1.29, 1.82) is 0 Å². The molecule has 2 aromatic heterocycles. The minimum atomic E-state index is -5.19. The fourth-order valence-corrected chi connectivity index (χ4v) is 3.17. The van der Waals surface area contributed by atoms with Gasteiger partial charge in [0.1, 0.15) is 11.7 Å². The molecule has 2 aromatic carbocycles. The molecule has 3 N–H and O–H groups in total. The Bertz CT molecular complexity index is 1270. The van der Waals surface area contributed by atoms with E-state index in [1.54, 1.807) is 14.2 Å². The van der Waals surface area contributed by atoms with Gasteiger partial charge in [0.2, 0.25) is 5.82 Å². The maximum Gasteiger partial charge on any atom is 0.430 e. The van der Waals surface area contributed by atoms with Crippen LogP contribution in [0.25, 0.3) is 22.2 Å². The summed E-state index contributed by atoms with van der Waals surface area (Å²) in [6, 6.07) is 18.8. The number of alkyl halides is 3. The molecule has 0 fully saturated rings. The third-order valence-corrected chi connectivity index (χ3v) is 4.94. The molecule has 35 heavy (non-hydrogen) atoms. The maximum atomic E-state index is 10.5. The second kappa shape index (κ2) is 11.3. The molecule has 4 rings (SSSR count). The summed E-state index contributed by atoms with van der Waals surface area (Å²) >= 11 is 0. The van der Waals surface area contributed by atoms with E-state index < -0.39 is 12.1 Å². The smallest absolute Gasteiger partial charge is 0.430 e. The first-order valence-electron chi connectivity index (χ1n) is 10.4. The number of carbonyl (C=O) groups excluding carboxylic acids is 1. The normalized spacial score (nSPS) is 11.0. The Morgan fingerprint density at radius 1 is 1.03 bits per heavy atom. The van der Waals surface area contributed by atoms with E-state index >= 15 is 0 Å². The number of ether oxygens (including phenoxy) is 2. The number of H-pyrrole nitrogens is 1. The minimum Gasteiger partial charge on any atom is -0.542 e. The lowest BCUT2D eigenvalue weighted by molar-refractivity contribution is -0.574. The first kappa shape index (κ1) is 25.5. The zero-order valence-corrected chi connectivity index (χ0v) is 18.9. The highest BCUT2D eigenvalue weighted by atomic mass is 19.4. The van der Waals surface area contributed by atoms with Crippen molar-refractivity contribution in [3.63, 3.8) is 0 Å². The van der Waals surface area contributed by atoms with E-state index in [0.29, 0.717) is 6.01 Å². The molecule has 2 heterocycles. The summed E-state index contributed by atoms with van der Waals surface area (Å²) in [5.41, 5.74) is 4.22. The van der Waals surface area contributed by atoms with Crippen LogP contribution >= 0.6 is 0 Å². The number of aliphatic carboxylic acids is 1. The number of carboxylic acid groups (broad SMARTS) is 1. The lowest BCUT2D eigenvalue weighted by Gasteiger charge is -2.07. The lowest BCUT2D eigenvalue weighted by atomic mass is 10.1. The third kappa shape index (κ3) is 7.18. The molecule has 0 amide bonds. The maximum absolute atomic E-state index is 10.5. The third-order valence-electron chi connectivity index (χ3n) is 4.94. The van der Waals surface area contributed by atoms with Crippen LogP contribution in [0.2, 0.25) is 0 Å². The Kier molecular flexibility index (Phi) is 8.26. The van der Waals surface area contributed by atoms with Crippen molar-refractivity contribution in [3.05, 3.63) is 66.4 Å². The second-order valence-electron chi connectivity index (χ2n) is 7.32. The number of benzene rings is 2. The van der Waals surface area contributed by atoms with Gasteiger partial charge in [0, 0.05) is 29.8 Å². The van der Waals surface area contributed by atoms with Gasteiger partial charge in [0.25, 0.3) is 0 Å². The summed E-state index contributed by atoms with van der Waals surface area (Å²) in [4.78, 5) is 21.0. The minimum absolute atomic E-state index is 0.375. The summed E-state index contributed by atoms with van der Waals surface area (Å²) in [6.07, 6.45) is -2.33. The summed E-state index contributed by atoms with van der Waals surface area (Å²) in [5, 5.41) is 12.1. The van der Waals surface area contributed by atoms with Gasteiger partial charge in [-0.15, -0.1) is 4.98 Å². The number of carboxylic acids is 1. The molecule has 0 radical (unpaired) electrons. The quantitative estimate of drug-likeness (QED) is 0.413. The highest BCUT2D eigenvalue weighted by molar-refractivity contribution is 5.84. The van der Waals surface area contributed by atoms with Crippen molar-refractivity contribution < 1.29 is 37.9 Å². The van der Waals surface area contributed by atoms with Gasteiger partial charge in [-0.2, -0.15) is 18.2 Å². The van der Waals surface area contributed by atoms with E-state index in [0.717, 1.165) is 41.3 Å². The Balaban J connectivity index is 0.000000429.